The number of allylic oxidation sites excluding steroid dienone is 2. The van der Waals surface area contributed by atoms with Gasteiger partial charge in [-0.25, -0.2) is 0 Å². The van der Waals surface area contributed by atoms with Crippen LogP contribution in [0.3, 0.4) is 0 Å². The number of hydrogen-bond donors (Lipinski definition) is 1. The van der Waals surface area contributed by atoms with Gasteiger partial charge >= 0.3 is 0 Å². The highest BCUT2D eigenvalue weighted by atomic mass is 16.3. The summed E-state index contributed by atoms with van der Waals surface area (Å²) in [5.74, 6) is 1.91. The smallest absolute Gasteiger partial charge is 0.159 e. The molecule has 1 N–H and O–H groups in total. The first-order chi connectivity index (χ1) is 9.24. The zero-order valence-electron chi connectivity index (χ0n) is 13.5. The average Bonchev–Trinajstić information content (AvgIpc) is 2.66. The van der Waals surface area contributed by atoms with Crippen molar-refractivity contribution in [2.75, 3.05) is 0 Å². The Morgan fingerprint density at radius 2 is 2.15 bits per heavy atom. The highest BCUT2D eigenvalue weighted by Crippen LogP contribution is 2.55. The fraction of sp³-hybridized carbons (Fsp3) is 0.833. The Hall–Kier alpha value is -0.630. The molecule has 20 heavy (non-hydrogen) atoms. The lowest BCUT2D eigenvalue weighted by Gasteiger charge is -2.40. The van der Waals surface area contributed by atoms with Crippen LogP contribution in [0.2, 0.25) is 0 Å². The zero-order chi connectivity index (χ0) is 15.0. The molecule has 0 aliphatic heterocycles. The molecule has 0 spiro atoms. The highest BCUT2D eigenvalue weighted by Gasteiger charge is 2.50. The Labute approximate surface area is 123 Å². The minimum Gasteiger partial charge on any atom is -0.390 e. The van der Waals surface area contributed by atoms with E-state index in [0.717, 1.165) is 32.1 Å². The Balaban J connectivity index is 1.96. The normalized spacial score (nSPS) is 35.1. The number of aliphatic hydroxyl groups is 1. The van der Waals surface area contributed by atoms with Crippen LogP contribution in [0.1, 0.15) is 66.2 Å². The molecule has 0 radical (unpaired) electrons. The lowest BCUT2D eigenvalue weighted by molar-refractivity contribution is -0.122. The highest BCUT2D eigenvalue weighted by molar-refractivity contribution is 5.93. The maximum absolute atomic E-state index is 12.1. The van der Waals surface area contributed by atoms with Crippen LogP contribution in [-0.4, -0.2) is 16.5 Å². The SMILES string of the molecule is C[C@H](CCCC(C)(C)O)[C@H]1CC[C@H]2C(=O)C=CC[C@]12C. The molecule has 1 fully saturated rings. The summed E-state index contributed by atoms with van der Waals surface area (Å²) in [6.45, 7) is 8.43. The van der Waals surface area contributed by atoms with Gasteiger partial charge in [-0.15, -0.1) is 0 Å². The summed E-state index contributed by atoms with van der Waals surface area (Å²) >= 11 is 0. The largest absolute Gasteiger partial charge is 0.390 e. The minimum absolute atomic E-state index is 0.181. The first-order valence-corrected chi connectivity index (χ1v) is 8.17. The van der Waals surface area contributed by atoms with E-state index in [1.165, 1.54) is 6.42 Å². The van der Waals surface area contributed by atoms with Crippen LogP contribution in [0.25, 0.3) is 0 Å². The van der Waals surface area contributed by atoms with Crippen LogP contribution in [-0.2, 0) is 4.79 Å². The topological polar surface area (TPSA) is 37.3 Å². The van der Waals surface area contributed by atoms with Crippen molar-refractivity contribution < 1.29 is 9.90 Å². The van der Waals surface area contributed by atoms with E-state index in [4.69, 9.17) is 0 Å². The van der Waals surface area contributed by atoms with Crippen molar-refractivity contribution >= 4 is 5.78 Å². The van der Waals surface area contributed by atoms with Crippen LogP contribution < -0.4 is 0 Å². The molecule has 1 saturated carbocycles. The van der Waals surface area contributed by atoms with E-state index >= 15 is 0 Å². The molecular formula is C18H30O2. The standard InChI is InChI=1S/C18H30O2/c1-13(7-5-11-17(2,3)20)14-9-10-15-16(19)8-6-12-18(14,15)4/h6,8,13-15,20H,5,7,9-12H2,1-4H3/t13-,14-,15+,18-/m1/s1. The second kappa shape index (κ2) is 5.63. The van der Waals surface area contributed by atoms with Crippen LogP contribution in [0.5, 0.6) is 0 Å². The fourth-order valence-electron chi connectivity index (χ4n) is 4.56. The van der Waals surface area contributed by atoms with E-state index in [9.17, 15) is 9.90 Å². The van der Waals surface area contributed by atoms with Crippen molar-refractivity contribution in [3.8, 4) is 0 Å². The lowest BCUT2D eigenvalue weighted by atomic mass is 9.63. The first kappa shape index (κ1) is 15.8. The van der Waals surface area contributed by atoms with Gasteiger partial charge in [-0.2, -0.15) is 0 Å². The number of carbonyl (C=O) groups excluding carboxylic acids is 1. The summed E-state index contributed by atoms with van der Waals surface area (Å²) in [7, 11) is 0. The van der Waals surface area contributed by atoms with E-state index in [-0.39, 0.29) is 11.3 Å². The molecule has 2 aliphatic rings. The molecule has 2 aliphatic carbocycles. The van der Waals surface area contributed by atoms with Gasteiger partial charge in [0.2, 0.25) is 0 Å². The third-order valence-corrected chi connectivity index (χ3v) is 5.73. The first-order valence-electron chi connectivity index (χ1n) is 8.17. The van der Waals surface area contributed by atoms with E-state index in [2.05, 4.69) is 19.9 Å². The van der Waals surface area contributed by atoms with Gasteiger partial charge in [0.1, 0.15) is 0 Å². The molecule has 0 aromatic carbocycles. The zero-order valence-corrected chi connectivity index (χ0v) is 13.5. The second-order valence-corrected chi connectivity index (χ2v) is 7.93. The average molecular weight is 278 g/mol. The monoisotopic (exact) mass is 278 g/mol. The van der Waals surface area contributed by atoms with Gasteiger partial charge in [0.15, 0.2) is 5.78 Å². The van der Waals surface area contributed by atoms with Crippen LogP contribution in [0, 0.1) is 23.2 Å². The molecule has 0 heterocycles. The predicted octanol–water partition coefficient (Wildman–Crippen LogP) is 4.13. The molecular weight excluding hydrogens is 248 g/mol. The molecule has 2 rings (SSSR count). The number of rotatable bonds is 5. The molecule has 0 aromatic heterocycles. The van der Waals surface area contributed by atoms with Gasteiger partial charge in [-0.05, 0) is 62.9 Å². The van der Waals surface area contributed by atoms with Crippen LogP contribution in [0.15, 0.2) is 12.2 Å². The molecule has 0 bridgehead atoms. The van der Waals surface area contributed by atoms with Gasteiger partial charge < -0.3 is 5.11 Å². The molecule has 0 amide bonds. The molecule has 114 valence electrons. The van der Waals surface area contributed by atoms with Crippen molar-refractivity contribution in [1.29, 1.82) is 0 Å². The molecule has 0 unspecified atom stereocenters. The molecule has 2 heteroatoms. The minimum atomic E-state index is -0.550. The van der Waals surface area contributed by atoms with Crippen molar-refractivity contribution in [3.63, 3.8) is 0 Å². The number of carbonyl (C=O) groups is 1. The van der Waals surface area contributed by atoms with Crippen molar-refractivity contribution in [3.05, 3.63) is 12.2 Å². The van der Waals surface area contributed by atoms with Gasteiger partial charge in [0.25, 0.3) is 0 Å². The molecule has 4 atom stereocenters. The van der Waals surface area contributed by atoms with Gasteiger partial charge in [-0.1, -0.05) is 32.8 Å². The predicted molar refractivity (Wildman–Crippen MR) is 82.4 cm³/mol. The Morgan fingerprint density at radius 3 is 2.80 bits per heavy atom. The van der Waals surface area contributed by atoms with E-state index in [1.807, 2.05) is 13.8 Å². The van der Waals surface area contributed by atoms with E-state index in [1.54, 1.807) is 6.08 Å². The summed E-state index contributed by atoms with van der Waals surface area (Å²) in [5.41, 5.74) is -0.370. The van der Waals surface area contributed by atoms with Crippen molar-refractivity contribution in [2.24, 2.45) is 23.2 Å². The fourth-order valence-corrected chi connectivity index (χ4v) is 4.56. The van der Waals surface area contributed by atoms with Gasteiger partial charge in [0, 0.05) is 5.92 Å². The summed E-state index contributed by atoms with van der Waals surface area (Å²) < 4.78 is 0. The Kier molecular flexibility index (Phi) is 4.44. The Bertz CT molecular complexity index is 391. The van der Waals surface area contributed by atoms with Crippen LogP contribution >= 0.6 is 0 Å². The van der Waals surface area contributed by atoms with E-state index in [0.29, 0.717) is 17.6 Å². The molecule has 2 nitrogen and oxygen atoms in total. The lowest BCUT2D eigenvalue weighted by Crippen LogP contribution is -2.37. The summed E-state index contributed by atoms with van der Waals surface area (Å²) in [4.78, 5) is 12.1. The summed E-state index contributed by atoms with van der Waals surface area (Å²) in [5, 5.41) is 9.81. The van der Waals surface area contributed by atoms with Gasteiger partial charge in [-0.3, -0.25) is 4.79 Å². The molecule has 0 saturated heterocycles. The Morgan fingerprint density at radius 1 is 1.45 bits per heavy atom. The third-order valence-electron chi connectivity index (χ3n) is 5.73. The maximum atomic E-state index is 12.1. The summed E-state index contributed by atoms with van der Waals surface area (Å²) in [6.07, 6.45) is 10.3. The summed E-state index contributed by atoms with van der Waals surface area (Å²) in [6, 6.07) is 0. The quantitative estimate of drug-likeness (QED) is 0.821. The number of fused-ring (bicyclic) bond motifs is 1. The van der Waals surface area contributed by atoms with Crippen molar-refractivity contribution in [1.82, 2.24) is 0 Å². The molecule has 0 aromatic rings. The van der Waals surface area contributed by atoms with E-state index < -0.39 is 5.60 Å². The second-order valence-electron chi connectivity index (χ2n) is 7.93. The van der Waals surface area contributed by atoms with Crippen molar-refractivity contribution in [2.45, 2.75) is 71.8 Å². The number of hydrogen-bond acceptors (Lipinski definition) is 2. The van der Waals surface area contributed by atoms with Crippen LogP contribution in [0.4, 0.5) is 0 Å². The maximum Gasteiger partial charge on any atom is 0.159 e. The number of ketones is 1. The van der Waals surface area contributed by atoms with Gasteiger partial charge in [0.05, 0.1) is 5.60 Å². The third kappa shape index (κ3) is 3.16.